The number of ketones is 2. The molecular formula is C51H98N8O6. The summed E-state index contributed by atoms with van der Waals surface area (Å²) in [5, 5.41) is 12.2. The largest absolute Gasteiger partial charge is 0.356 e. The molecule has 14 nitrogen and oxygen atoms in total. The van der Waals surface area contributed by atoms with Crippen LogP contribution in [-0.2, 0) is 28.8 Å². The highest BCUT2D eigenvalue weighted by Crippen LogP contribution is 2.37. The van der Waals surface area contributed by atoms with Gasteiger partial charge in [-0.05, 0) is 92.6 Å². The Hall–Kier alpha value is -2.94. The fourth-order valence-corrected chi connectivity index (χ4v) is 8.90. The summed E-state index contributed by atoms with van der Waals surface area (Å²) in [6.45, 7) is 20.1. The number of amides is 4. The average molecular weight is 919 g/mol. The van der Waals surface area contributed by atoms with Gasteiger partial charge in [-0.1, -0.05) is 87.0 Å². The molecule has 0 bridgehead atoms. The molecule has 0 aliphatic heterocycles. The number of Topliss-reactive ketones (excluding diaryl/α,β-unsaturated/α-hetero) is 2. The molecule has 14 heteroatoms. The van der Waals surface area contributed by atoms with Crippen molar-refractivity contribution in [2.45, 2.75) is 145 Å². The summed E-state index contributed by atoms with van der Waals surface area (Å²) in [6, 6.07) is 0. The Morgan fingerprint density at radius 1 is 0.523 bits per heavy atom. The third kappa shape index (κ3) is 25.7. The highest BCUT2D eigenvalue weighted by molar-refractivity contribution is 5.93. The third-order valence-corrected chi connectivity index (χ3v) is 13.7. The second-order valence-electron chi connectivity index (χ2n) is 21.4. The fourth-order valence-electron chi connectivity index (χ4n) is 8.90. The Kier molecular flexibility index (Phi) is 29.5. The lowest BCUT2D eigenvalue weighted by molar-refractivity contribution is -0.140. The van der Waals surface area contributed by atoms with Crippen molar-refractivity contribution in [2.24, 2.45) is 40.4 Å². The number of hydrogen-bond acceptors (Lipinski definition) is 10. The second kappa shape index (κ2) is 31.9. The fraction of sp³-hybridized carbons (Fsp3) is 0.882. The van der Waals surface area contributed by atoms with E-state index in [-0.39, 0.29) is 67.3 Å². The van der Waals surface area contributed by atoms with Gasteiger partial charge >= 0.3 is 0 Å². The molecule has 4 amide bonds. The molecule has 0 aromatic carbocycles. The third-order valence-electron chi connectivity index (χ3n) is 13.7. The van der Waals surface area contributed by atoms with Gasteiger partial charge in [0.1, 0.15) is 11.6 Å². The van der Waals surface area contributed by atoms with Crippen LogP contribution in [0, 0.1) is 40.4 Å². The van der Waals surface area contributed by atoms with Crippen molar-refractivity contribution in [3.63, 3.8) is 0 Å². The molecule has 1 saturated carbocycles. The maximum absolute atomic E-state index is 14.5. The van der Waals surface area contributed by atoms with Crippen LogP contribution in [0.1, 0.15) is 145 Å². The zero-order valence-electron chi connectivity index (χ0n) is 43.8. The maximum atomic E-state index is 14.5. The summed E-state index contributed by atoms with van der Waals surface area (Å²) in [6.07, 6.45) is 10.8. The van der Waals surface area contributed by atoms with Gasteiger partial charge in [-0.15, -0.1) is 0 Å². The van der Waals surface area contributed by atoms with E-state index < -0.39 is 28.6 Å². The molecule has 1 aliphatic carbocycles. The predicted octanol–water partition coefficient (Wildman–Crippen LogP) is 5.63. The molecule has 1 rings (SSSR count). The molecule has 0 heterocycles. The van der Waals surface area contributed by atoms with Crippen LogP contribution in [0.4, 0.5) is 0 Å². The van der Waals surface area contributed by atoms with Gasteiger partial charge in [0, 0.05) is 113 Å². The lowest BCUT2D eigenvalue weighted by atomic mass is 9.70. The van der Waals surface area contributed by atoms with E-state index in [4.69, 9.17) is 0 Å². The highest BCUT2D eigenvalue weighted by Gasteiger charge is 2.41. The first-order chi connectivity index (χ1) is 30.5. The Balaban J connectivity index is 3.19. The van der Waals surface area contributed by atoms with Crippen LogP contribution >= 0.6 is 0 Å². The monoisotopic (exact) mass is 919 g/mol. The van der Waals surface area contributed by atoms with Crippen LogP contribution in [0.3, 0.4) is 0 Å². The van der Waals surface area contributed by atoms with E-state index in [1.54, 1.807) is 13.8 Å². The Morgan fingerprint density at radius 3 is 1.51 bits per heavy atom. The molecule has 0 saturated heterocycles. The van der Waals surface area contributed by atoms with Crippen molar-refractivity contribution in [2.75, 3.05) is 108 Å². The predicted molar refractivity (Wildman–Crippen MR) is 265 cm³/mol. The lowest BCUT2D eigenvalue weighted by Gasteiger charge is -2.33. The molecule has 0 spiro atoms. The zero-order valence-corrected chi connectivity index (χ0v) is 43.8. The zero-order chi connectivity index (χ0) is 49.2. The number of nitrogens with one attached hydrogen (secondary N) is 4. The minimum atomic E-state index is -1.06. The molecule has 0 aromatic heterocycles. The number of hydrogen-bond donors (Lipinski definition) is 4. The standard InChI is InChI=1S/C51H98N8O6/c1-14-17-19-39-20-22-40(23-21-39)38-55-46(62)34-41(16-3)47(63)51(6,7)37-42(48(64)54-26-28-59(13)32-30-57(10)11)33-44(60)50(4,5)36-43(49(65)53-24-18-15-2)35-45(61)52-25-27-58(12)31-29-56(8)9/h39-43H,14-38H2,1-13H3,(H,52,61)(H,53,65)(H,54,64)(H,55,62). The van der Waals surface area contributed by atoms with E-state index >= 15 is 0 Å². The van der Waals surface area contributed by atoms with E-state index in [0.29, 0.717) is 51.6 Å². The Bertz CT molecular complexity index is 1410. The summed E-state index contributed by atoms with van der Waals surface area (Å²) in [5.74, 6) is -2.04. The average Bonchev–Trinajstić information content (AvgIpc) is 3.24. The van der Waals surface area contributed by atoms with Gasteiger partial charge < -0.3 is 40.9 Å². The van der Waals surface area contributed by atoms with Gasteiger partial charge in [-0.25, -0.2) is 0 Å². The van der Waals surface area contributed by atoms with Gasteiger partial charge in [0.2, 0.25) is 23.6 Å². The topological polar surface area (TPSA) is 164 Å². The Labute approximate surface area is 396 Å². The molecular weight excluding hydrogens is 821 g/mol. The van der Waals surface area contributed by atoms with Gasteiger partial charge in [0.15, 0.2) is 0 Å². The first kappa shape index (κ1) is 60.1. The van der Waals surface area contributed by atoms with Crippen LogP contribution < -0.4 is 21.3 Å². The van der Waals surface area contributed by atoms with E-state index in [1.807, 2.05) is 70.0 Å². The molecule has 378 valence electrons. The van der Waals surface area contributed by atoms with E-state index in [1.165, 1.54) is 32.1 Å². The smallest absolute Gasteiger partial charge is 0.223 e. The van der Waals surface area contributed by atoms with Gasteiger partial charge in [-0.2, -0.15) is 0 Å². The normalized spacial score (nSPS) is 17.2. The van der Waals surface area contributed by atoms with E-state index in [9.17, 15) is 28.8 Å². The number of rotatable bonds is 36. The van der Waals surface area contributed by atoms with Crippen LogP contribution in [-0.4, -0.2) is 163 Å². The van der Waals surface area contributed by atoms with Crippen LogP contribution in [0.15, 0.2) is 0 Å². The minimum Gasteiger partial charge on any atom is -0.356 e. The van der Waals surface area contributed by atoms with Crippen molar-refractivity contribution in [3.8, 4) is 0 Å². The summed E-state index contributed by atoms with van der Waals surface area (Å²) in [5.41, 5.74) is -2.07. The second-order valence-corrected chi connectivity index (χ2v) is 21.4. The number of carbonyl (C=O) groups is 6. The van der Waals surface area contributed by atoms with Gasteiger partial charge in [0.25, 0.3) is 0 Å². The molecule has 1 aliphatic rings. The molecule has 4 N–H and O–H groups in total. The van der Waals surface area contributed by atoms with Crippen molar-refractivity contribution in [1.82, 2.24) is 40.9 Å². The molecule has 0 radical (unpaired) electrons. The number of carbonyl (C=O) groups excluding carboxylic acids is 6. The van der Waals surface area contributed by atoms with Gasteiger partial charge in [-0.3, -0.25) is 28.8 Å². The number of unbranched alkanes of at least 4 members (excludes halogenated alkanes) is 2. The molecule has 65 heavy (non-hydrogen) atoms. The molecule has 3 unspecified atom stereocenters. The lowest BCUT2D eigenvalue weighted by Crippen LogP contribution is -2.44. The summed E-state index contributed by atoms with van der Waals surface area (Å²) < 4.78 is 0. The van der Waals surface area contributed by atoms with Crippen LogP contribution in [0.5, 0.6) is 0 Å². The van der Waals surface area contributed by atoms with Crippen molar-refractivity contribution >= 4 is 35.2 Å². The van der Waals surface area contributed by atoms with E-state index in [2.05, 4.69) is 47.8 Å². The highest BCUT2D eigenvalue weighted by atomic mass is 16.2. The number of likely N-dealkylation sites (N-methyl/N-ethyl adjacent to an activating group) is 4. The minimum absolute atomic E-state index is 0.0605. The summed E-state index contributed by atoms with van der Waals surface area (Å²) >= 11 is 0. The SMILES string of the molecule is CCCCNC(=O)C(CC(=O)NCCN(C)CCN(C)C)CC(C)(C)C(=O)CC(CC(C)(C)C(=O)C(CC)CC(=O)NCC1CCC(CCCC)CC1)C(=O)NCCN(C)CCN(C)C. The quantitative estimate of drug-likeness (QED) is 0.0580. The summed E-state index contributed by atoms with van der Waals surface area (Å²) in [7, 11) is 12.1. The maximum Gasteiger partial charge on any atom is 0.223 e. The first-order valence-corrected chi connectivity index (χ1v) is 25.4. The van der Waals surface area contributed by atoms with Gasteiger partial charge in [0.05, 0.1) is 0 Å². The van der Waals surface area contributed by atoms with Crippen molar-refractivity contribution in [1.29, 1.82) is 0 Å². The van der Waals surface area contributed by atoms with Crippen LogP contribution in [0.25, 0.3) is 0 Å². The van der Waals surface area contributed by atoms with E-state index in [0.717, 1.165) is 57.8 Å². The molecule has 3 atom stereocenters. The molecule has 1 fully saturated rings. The Morgan fingerprint density at radius 2 is 0.985 bits per heavy atom. The number of nitrogens with zero attached hydrogens (tertiary/aromatic N) is 4. The molecule has 0 aromatic rings. The van der Waals surface area contributed by atoms with Crippen molar-refractivity contribution < 1.29 is 28.8 Å². The first-order valence-electron chi connectivity index (χ1n) is 25.4. The summed E-state index contributed by atoms with van der Waals surface area (Å²) in [4.78, 5) is 91.6. The van der Waals surface area contributed by atoms with Crippen LogP contribution in [0.2, 0.25) is 0 Å². The van der Waals surface area contributed by atoms with Crippen molar-refractivity contribution in [3.05, 3.63) is 0 Å².